The van der Waals surface area contributed by atoms with E-state index in [0.717, 1.165) is 22.2 Å². The van der Waals surface area contributed by atoms with E-state index in [1.807, 2.05) is 19.1 Å². The van der Waals surface area contributed by atoms with Gasteiger partial charge < -0.3 is 10.6 Å². The van der Waals surface area contributed by atoms with E-state index in [0.29, 0.717) is 5.69 Å². The van der Waals surface area contributed by atoms with Crippen molar-refractivity contribution in [3.63, 3.8) is 0 Å². The maximum absolute atomic E-state index is 11.6. The van der Waals surface area contributed by atoms with Gasteiger partial charge in [0.2, 0.25) is 5.91 Å². The molecule has 1 saturated heterocycles. The molecule has 2 rings (SSSR count). The quantitative estimate of drug-likeness (QED) is 0.887. The Morgan fingerprint density at radius 2 is 2.00 bits per heavy atom. The van der Waals surface area contributed by atoms with Crippen molar-refractivity contribution in [3.8, 4) is 0 Å². The highest BCUT2D eigenvalue weighted by Gasteiger charge is 2.29. The summed E-state index contributed by atoms with van der Waals surface area (Å²) in [5.41, 5.74) is 1.80. The van der Waals surface area contributed by atoms with Gasteiger partial charge in [0.1, 0.15) is 0 Å². The molecule has 7 heteroatoms. The van der Waals surface area contributed by atoms with E-state index in [2.05, 4.69) is 10.6 Å². The summed E-state index contributed by atoms with van der Waals surface area (Å²) in [5.74, 6) is -0.0188. The van der Waals surface area contributed by atoms with Crippen LogP contribution < -0.4 is 10.6 Å². The molecular weight excluding hydrogens is 278 g/mol. The van der Waals surface area contributed by atoms with E-state index < -0.39 is 0 Å². The monoisotopic (exact) mass is 293 g/mol. The Balaban J connectivity index is 1.74. The topological polar surface area (TPSA) is 78.5 Å². The van der Waals surface area contributed by atoms with E-state index in [1.54, 1.807) is 12.1 Å². The number of amides is 4. The van der Waals surface area contributed by atoms with Crippen molar-refractivity contribution in [3.05, 3.63) is 29.8 Å². The molecule has 0 aromatic heterocycles. The van der Waals surface area contributed by atoms with Gasteiger partial charge in [-0.2, -0.15) is 0 Å². The number of aryl methyl sites for hydroxylation is 1. The Labute approximate surface area is 120 Å². The van der Waals surface area contributed by atoms with Crippen LogP contribution in [0.3, 0.4) is 0 Å². The molecule has 0 aliphatic carbocycles. The van der Waals surface area contributed by atoms with Crippen molar-refractivity contribution < 1.29 is 14.4 Å². The number of rotatable bonds is 4. The van der Waals surface area contributed by atoms with Crippen LogP contribution in [0.4, 0.5) is 15.3 Å². The molecule has 0 atom stereocenters. The molecule has 1 aliphatic rings. The lowest BCUT2D eigenvalue weighted by molar-refractivity contribution is -0.124. The van der Waals surface area contributed by atoms with E-state index in [1.165, 1.54) is 0 Å². The third kappa shape index (κ3) is 3.74. The molecule has 1 heterocycles. The van der Waals surface area contributed by atoms with Crippen molar-refractivity contribution in [2.75, 3.05) is 24.2 Å². The molecule has 2 N–H and O–H groups in total. The fourth-order valence-electron chi connectivity index (χ4n) is 1.69. The fraction of sp³-hybridized carbons (Fsp3) is 0.308. The number of nitrogens with zero attached hydrogens (tertiary/aromatic N) is 1. The van der Waals surface area contributed by atoms with Crippen LogP contribution in [-0.4, -0.2) is 40.9 Å². The first-order valence-electron chi connectivity index (χ1n) is 6.15. The van der Waals surface area contributed by atoms with Gasteiger partial charge in [-0.1, -0.05) is 29.5 Å². The average Bonchev–Trinajstić information content (AvgIpc) is 2.73. The summed E-state index contributed by atoms with van der Waals surface area (Å²) in [4.78, 5) is 35.4. The number of carbonyl (C=O) groups is 3. The van der Waals surface area contributed by atoms with Gasteiger partial charge in [-0.05, 0) is 19.1 Å². The Kier molecular flexibility index (Phi) is 4.62. The van der Waals surface area contributed by atoms with Crippen LogP contribution in [0.5, 0.6) is 0 Å². The molecule has 1 aromatic rings. The Bertz CT molecular complexity index is 514. The molecule has 1 aromatic carbocycles. The standard InChI is InChI=1S/C13H15N3O3S/c1-9-2-4-10(5-3-9)15-12(18)14-6-7-16-11(17)8-20-13(16)19/h2-5H,6-8H2,1H3,(H2,14,15,18). The van der Waals surface area contributed by atoms with Crippen LogP contribution in [0.25, 0.3) is 0 Å². The molecular formula is C13H15N3O3S. The van der Waals surface area contributed by atoms with Crippen LogP contribution in [0.1, 0.15) is 5.56 Å². The number of imide groups is 1. The van der Waals surface area contributed by atoms with Gasteiger partial charge in [0, 0.05) is 18.8 Å². The summed E-state index contributed by atoms with van der Waals surface area (Å²) in [6.07, 6.45) is 0. The SMILES string of the molecule is Cc1ccc(NC(=O)NCCN2C(=O)CSC2=O)cc1. The van der Waals surface area contributed by atoms with Crippen LogP contribution >= 0.6 is 11.8 Å². The van der Waals surface area contributed by atoms with Crippen molar-refractivity contribution in [2.24, 2.45) is 0 Å². The average molecular weight is 293 g/mol. The minimum absolute atomic E-state index is 0.189. The molecule has 1 aliphatic heterocycles. The summed E-state index contributed by atoms with van der Waals surface area (Å²) in [6, 6.07) is 7.04. The highest BCUT2D eigenvalue weighted by Crippen LogP contribution is 2.17. The van der Waals surface area contributed by atoms with Gasteiger partial charge in [-0.15, -0.1) is 0 Å². The number of benzene rings is 1. The van der Waals surface area contributed by atoms with Crippen molar-refractivity contribution in [2.45, 2.75) is 6.92 Å². The number of thioether (sulfide) groups is 1. The van der Waals surface area contributed by atoms with E-state index in [4.69, 9.17) is 0 Å². The predicted octanol–water partition coefficient (Wildman–Crippen LogP) is 1.81. The minimum Gasteiger partial charge on any atom is -0.336 e. The molecule has 106 valence electrons. The second-order valence-electron chi connectivity index (χ2n) is 4.35. The highest BCUT2D eigenvalue weighted by atomic mass is 32.2. The molecule has 0 saturated carbocycles. The van der Waals surface area contributed by atoms with Gasteiger partial charge in [0.25, 0.3) is 5.24 Å². The normalized spacial score (nSPS) is 14.6. The highest BCUT2D eigenvalue weighted by molar-refractivity contribution is 8.14. The number of hydrogen-bond acceptors (Lipinski definition) is 4. The molecule has 1 fully saturated rings. The number of carbonyl (C=O) groups excluding carboxylic acids is 3. The van der Waals surface area contributed by atoms with Crippen LogP contribution in [0.15, 0.2) is 24.3 Å². The molecule has 0 unspecified atom stereocenters. The lowest BCUT2D eigenvalue weighted by Gasteiger charge is -2.13. The van der Waals surface area contributed by atoms with Crippen LogP contribution in [-0.2, 0) is 4.79 Å². The zero-order valence-corrected chi connectivity index (χ0v) is 11.8. The molecule has 6 nitrogen and oxygen atoms in total. The van der Waals surface area contributed by atoms with E-state index in [9.17, 15) is 14.4 Å². The number of anilines is 1. The van der Waals surface area contributed by atoms with Crippen molar-refractivity contribution in [1.82, 2.24) is 10.2 Å². The molecule has 20 heavy (non-hydrogen) atoms. The Morgan fingerprint density at radius 1 is 1.30 bits per heavy atom. The summed E-state index contributed by atoms with van der Waals surface area (Å²) < 4.78 is 0. The fourth-order valence-corrected chi connectivity index (χ4v) is 2.44. The third-order valence-corrected chi connectivity index (χ3v) is 3.63. The van der Waals surface area contributed by atoms with E-state index in [-0.39, 0.29) is 36.0 Å². The smallest absolute Gasteiger partial charge is 0.319 e. The molecule has 0 bridgehead atoms. The largest absolute Gasteiger partial charge is 0.336 e. The van der Waals surface area contributed by atoms with Gasteiger partial charge in [0.05, 0.1) is 5.75 Å². The summed E-state index contributed by atoms with van der Waals surface area (Å²) >= 11 is 0.985. The Hall–Kier alpha value is -2.02. The van der Waals surface area contributed by atoms with Gasteiger partial charge in [-0.3, -0.25) is 14.5 Å². The summed E-state index contributed by atoms with van der Waals surface area (Å²) in [7, 11) is 0. The first-order chi connectivity index (χ1) is 9.56. The van der Waals surface area contributed by atoms with Crippen molar-refractivity contribution >= 4 is 34.6 Å². The number of nitrogens with one attached hydrogen (secondary N) is 2. The summed E-state index contributed by atoms with van der Waals surface area (Å²) in [5, 5.41) is 5.03. The molecule has 0 radical (unpaired) electrons. The first-order valence-corrected chi connectivity index (χ1v) is 7.13. The van der Waals surface area contributed by atoms with Gasteiger partial charge in [-0.25, -0.2) is 4.79 Å². The zero-order valence-electron chi connectivity index (χ0n) is 11.0. The maximum Gasteiger partial charge on any atom is 0.319 e. The lowest BCUT2D eigenvalue weighted by Crippen LogP contribution is -2.39. The van der Waals surface area contributed by atoms with Gasteiger partial charge in [0.15, 0.2) is 0 Å². The van der Waals surface area contributed by atoms with Crippen molar-refractivity contribution in [1.29, 1.82) is 0 Å². The molecule has 4 amide bonds. The van der Waals surface area contributed by atoms with Crippen LogP contribution in [0, 0.1) is 6.92 Å². The molecule has 0 spiro atoms. The van der Waals surface area contributed by atoms with Gasteiger partial charge >= 0.3 is 6.03 Å². The predicted molar refractivity (Wildman–Crippen MR) is 77.8 cm³/mol. The first kappa shape index (κ1) is 14.4. The minimum atomic E-state index is -0.361. The van der Waals surface area contributed by atoms with Crippen LogP contribution in [0.2, 0.25) is 0 Å². The Morgan fingerprint density at radius 3 is 2.60 bits per heavy atom. The van der Waals surface area contributed by atoms with E-state index >= 15 is 0 Å². The maximum atomic E-state index is 11.6. The summed E-state index contributed by atoms with van der Waals surface area (Å²) in [6.45, 7) is 2.40. The number of hydrogen-bond donors (Lipinski definition) is 2. The lowest BCUT2D eigenvalue weighted by atomic mass is 10.2. The third-order valence-electron chi connectivity index (χ3n) is 2.77. The second-order valence-corrected chi connectivity index (χ2v) is 5.27. The second kappa shape index (κ2) is 6.42. The zero-order chi connectivity index (χ0) is 14.5. The number of urea groups is 1.